The van der Waals surface area contributed by atoms with Crippen LogP contribution in [0, 0.1) is 0 Å². The predicted octanol–water partition coefficient (Wildman–Crippen LogP) is 8.08. The van der Waals surface area contributed by atoms with Gasteiger partial charge in [-0.25, -0.2) is 0 Å². The Morgan fingerprint density at radius 2 is 1.68 bits per heavy atom. The topological polar surface area (TPSA) is 160 Å². The zero-order valence-corrected chi connectivity index (χ0v) is 34.0. The average molecular weight is 860 g/mol. The van der Waals surface area contributed by atoms with Crippen molar-refractivity contribution in [3.05, 3.63) is 98.4 Å². The zero-order chi connectivity index (χ0) is 40.4. The Morgan fingerprint density at radius 1 is 1.06 bits per heavy atom. The summed E-state index contributed by atoms with van der Waals surface area (Å²) in [6.45, 7) is 7.92. The summed E-state index contributed by atoms with van der Waals surface area (Å²) >= 11 is 15.5. The van der Waals surface area contributed by atoms with Gasteiger partial charge in [-0.2, -0.15) is 8.42 Å². The van der Waals surface area contributed by atoms with Crippen molar-refractivity contribution < 1.29 is 48.0 Å². The summed E-state index contributed by atoms with van der Waals surface area (Å²) in [6, 6.07) is 19.2. The number of benzene rings is 3. The van der Waals surface area contributed by atoms with Crippen LogP contribution in [-0.4, -0.2) is 80.1 Å². The summed E-state index contributed by atoms with van der Waals surface area (Å²) in [7, 11) is -2.99. The van der Waals surface area contributed by atoms with Crippen molar-refractivity contribution in [3.63, 3.8) is 0 Å². The van der Waals surface area contributed by atoms with E-state index in [0.717, 1.165) is 23.8 Å². The second kappa shape index (κ2) is 23.3. The molecule has 0 aromatic heterocycles. The van der Waals surface area contributed by atoms with Crippen LogP contribution in [0.5, 0.6) is 0 Å². The van der Waals surface area contributed by atoms with Crippen molar-refractivity contribution in [2.45, 2.75) is 102 Å². The Kier molecular flexibility index (Phi) is 19.6. The number of rotatable bonds is 12. The number of carboxylic acid groups (broad SMARTS) is 1. The van der Waals surface area contributed by atoms with Gasteiger partial charge in [-0.1, -0.05) is 84.2 Å². The van der Waals surface area contributed by atoms with Crippen molar-refractivity contribution in [2.24, 2.45) is 0 Å². The third kappa shape index (κ3) is 15.2. The number of nitrogens with zero attached hydrogens (tertiary/aromatic N) is 1. The molecule has 2 fully saturated rings. The molecule has 1 unspecified atom stereocenters. The molecule has 0 bridgehead atoms. The van der Waals surface area contributed by atoms with E-state index in [4.69, 9.17) is 42.9 Å². The van der Waals surface area contributed by atoms with Crippen molar-refractivity contribution in [1.82, 2.24) is 4.90 Å². The van der Waals surface area contributed by atoms with Crippen molar-refractivity contribution in [1.29, 1.82) is 0 Å². The molecule has 53 heavy (non-hydrogen) atoms. The molecule has 3 aromatic carbocycles. The number of morpholine rings is 1. The summed E-state index contributed by atoms with van der Waals surface area (Å²) in [5, 5.41) is 20.3. The van der Waals surface area contributed by atoms with E-state index >= 15 is 0 Å². The number of aliphatic hydroxyl groups is 1. The van der Waals surface area contributed by atoms with E-state index in [-0.39, 0.29) is 18.4 Å². The fourth-order valence-corrected chi connectivity index (χ4v) is 6.69. The minimum absolute atomic E-state index is 0.0632. The normalized spacial score (nSPS) is 20.4. The molecule has 2 N–H and O–H groups in total. The van der Waals surface area contributed by atoms with Crippen LogP contribution in [0.4, 0.5) is 0 Å². The number of carbonyl (C=O) groups is 2. The van der Waals surface area contributed by atoms with Gasteiger partial charge in [-0.15, -0.1) is 0 Å². The number of aliphatic carboxylic acids is 1. The maximum atomic E-state index is 13.3. The molecule has 5 rings (SSSR count). The van der Waals surface area contributed by atoms with Gasteiger partial charge in [0.1, 0.15) is 12.2 Å². The smallest absolute Gasteiger partial charge is 0.306 e. The number of amides is 1. The third-order valence-electron chi connectivity index (χ3n) is 7.93. The number of halogens is 3. The van der Waals surface area contributed by atoms with Crippen molar-refractivity contribution in [3.8, 4) is 0 Å². The van der Waals surface area contributed by atoms with Crippen LogP contribution >= 0.6 is 39.1 Å². The van der Waals surface area contributed by atoms with Gasteiger partial charge in [0.05, 0.1) is 48.8 Å². The van der Waals surface area contributed by atoms with E-state index in [1.807, 2.05) is 13.0 Å². The Labute approximate surface area is 332 Å². The van der Waals surface area contributed by atoms with Crippen molar-refractivity contribution in [2.75, 3.05) is 13.2 Å². The number of carbonyl (C=O) groups excluding carboxylic acids is 1. The number of aliphatic hydroxyl groups excluding tert-OH is 1. The maximum Gasteiger partial charge on any atom is 0.306 e. The van der Waals surface area contributed by atoms with E-state index < -0.39 is 58.8 Å². The molecule has 2 aliphatic heterocycles. The van der Waals surface area contributed by atoms with Crippen LogP contribution in [0.1, 0.15) is 78.0 Å². The molecular formula is C37H47BBrCl2NO10S. The summed E-state index contributed by atoms with van der Waals surface area (Å²) in [6.07, 6.45) is -0.0679. The molecule has 290 valence electrons. The number of hydrogen-bond acceptors (Lipinski definition) is 9. The van der Waals surface area contributed by atoms with E-state index in [0.29, 0.717) is 34.6 Å². The van der Waals surface area contributed by atoms with E-state index in [9.17, 15) is 28.2 Å². The largest absolute Gasteiger partial charge is 0.481 e. The summed E-state index contributed by atoms with van der Waals surface area (Å²) in [5.41, 5.74) is 1.47. The van der Waals surface area contributed by atoms with E-state index in [1.54, 1.807) is 66.4 Å². The van der Waals surface area contributed by atoms with Gasteiger partial charge in [0.15, 0.2) is 0 Å². The fraction of sp³-hybridized carbons (Fsp3) is 0.459. The summed E-state index contributed by atoms with van der Waals surface area (Å²) in [5.74, 6) is -1.60. The molecule has 16 heteroatoms. The molecule has 11 nitrogen and oxygen atoms in total. The summed E-state index contributed by atoms with van der Waals surface area (Å²) in [4.78, 5) is 26.3. The van der Waals surface area contributed by atoms with Gasteiger partial charge < -0.3 is 24.6 Å². The summed E-state index contributed by atoms with van der Waals surface area (Å²) < 4.78 is 56.1. The van der Waals surface area contributed by atoms with Gasteiger partial charge in [0.2, 0.25) is 0 Å². The third-order valence-corrected chi connectivity index (χ3v) is 10.3. The first kappa shape index (κ1) is 44.7. The molecule has 2 saturated heterocycles. The van der Waals surface area contributed by atoms with E-state index in [1.165, 1.54) is 25.4 Å². The monoisotopic (exact) mass is 858 g/mol. The number of hydrogen-bond donors (Lipinski definition) is 2. The van der Waals surface area contributed by atoms with Gasteiger partial charge in [0, 0.05) is 15.9 Å². The van der Waals surface area contributed by atoms with Gasteiger partial charge >= 0.3 is 24.6 Å². The molecule has 6 atom stereocenters. The molecule has 0 spiro atoms. The van der Waals surface area contributed by atoms with Crippen LogP contribution in [0.25, 0.3) is 0 Å². The van der Waals surface area contributed by atoms with Crippen molar-refractivity contribution >= 4 is 68.3 Å². The van der Waals surface area contributed by atoms with Gasteiger partial charge in [-0.05, 0) is 85.8 Å². The maximum absolute atomic E-state index is 13.3. The van der Waals surface area contributed by atoms with Crippen LogP contribution in [0.3, 0.4) is 0 Å². The Morgan fingerprint density at radius 3 is 2.13 bits per heavy atom. The second-order valence-electron chi connectivity index (χ2n) is 11.8. The molecule has 3 aromatic rings. The van der Waals surface area contributed by atoms with Gasteiger partial charge in [0.25, 0.3) is 16.0 Å². The number of ether oxygens (including phenoxy) is 2. The minimum atomic E-state index is -3.74. The van der Waals surface area contributed by atoms with E-state index in [2.05, 4.69) is 22.9 Å². The van der Waals surface area contributed by atoms with Crippen LogP contribution < -0.4 is 0 Å². The average Bonchev–Trinajstić information content (AvgIpc) is 3.99. The Hall–Kier alpha value is -2.69. The number of epoxide rings is 1. The first-order chi connectivity index (χ1) is 25.7. The molecular weight excluding hydrogens is 812 g/mol. The zero-order valence-electron chi connectivity index (χ0n) is 31.1. The minimum Gasteiger partial charge on any atom is -0.481 e. The second-order valence-corrected chi connectivity index (χ2v) is 15.2. The molecule has 0 radical (unpaired) electrons. The van der Waals surface area contributed by atoms with Crippen LogP contribution in [0.15, 0.2) is 82.2 Å². The van der Waals surface area contributed by atoms with Gasteiger partial charge in [-0.3, -0.25) is 13.8 Å². The standard InChI is InChI=1S/C22H23Cl2NO5.C10H13BrO3S.C4H8O.CH3BO/c1-2-17(12-26)25-20(13-6-8-15(23)9-7-13)21(14-4-3-5-16(24)10-14)30-18(22(25)29)11-19(27)28;1-3-8(2)14-15(12,13)10-6-4-9(11)5-7-10;1-2-4-3-5-4;1-2-3/h3-10,17-18,20-21,26H,2,11-12H2,1H3,(H,27,28);4-8H,3H2,1-2H3;4H,2-3H2,1H3;1H3/t17-,18-,20?,21-;8-;4-;/m001./s1/i;2D;;. The SMILES string of the molecule is CB=O.CC[C@@H](CO)N1C(=O)[C@H](CC(=O)O)O[C@@H](c2cccc(Cl)c2)C1c1ccc(Cl)cc1.CC[C@@H]1CO1.[2H]C[C@@H](CC)OS(=O)(=O)c1ccc(Br)cc1. The molecule has 0 aliphatic carbocycles. The Bertz CT molecular complexity index is 1710. The first-order valence-electron chi connectivity index (χ1n) is 17.7. The first-order valence-corrected chi connectivity index (χ1v) is 20.0. The predicted molar refractivity (Wildman–Crippen MR) is 208 cm³/mol. The Balaban J connectivity index is 0.000000348. The molecule has 2 heterocycles. The molecule has 2 aliphatic rings. The van der Waals surface area contributed by atoms with Crippen LogP contribution in [0.2, 0.25) is 16.9 Å². The van der Waals surface area contributed by atoms with Crippen LogP contribution in [-0.2, 0) is 38.1 Å². The quantitative estimate of drug-likeness (QED) is 0.104. The fourth-order valence-electron chi connectivity index (χ4n) is 5.02. The number of carboxylic acids is 1. The molecule has 1 amide bonds. The molecule has 0 saturated carbocycles.